The number of nitrogens with two attached hydrogens (primary N) is 2. The molecule has 1 saturated heterocycles. The van der Waals surface area contributed by atoms with Gasteiger partial charge in [-0.2, -0.15) is 0 Å². The molecule has 7 nitrogen and oxygen atoms in total. The number of fused-ring (bicyclic) bond motifs is 1. The lowest BCUT2D eigenvalue weighted by atomic mass is 9.99. The van der Waals surface area contributed by atoms with Gasteiger partial charge >= 0.3 is 0 Å². The van der Waals surface area contributed by atoms with Crippen molar-refractivity contribution in [1.29, 1.82) is 0 Å². The number of aromatic nitrogens is 2. The van der Waals surface area contributed by atoms with Crippen LogP contribution in [0.2, 0.25) is 10.0 Å². The molecule has 148 valence electrons. The molecule has 28 heavy (non-hydrogen) atoms. The van der Waals surface area contributed by atoms with Gasteiger partial charge < -0.3 is 21.5 Å². The molecule has 0 saturated carbocycles. The molecule has 1 aromatic heterocycles. The van der Waals surface area contributed by atoms with E-state index in [9.17, 15) is 4.79 Å². The average molecular weight is 440 g/mol. The largest absolute Gasteiger partial charge is 0.376 e. The first-order chi connectivity index (χ1) is 13.4. The van der Waals surface area contributed by atoms with E-state index in [4.69, 9.17) is 39.4 Å². The van der Waals surface area contributed by atoms with Gasteiger partial charge in [-0.15, -0.1) is 0 Å². The van der Waals surface area contributed by atoms with E-state index in [2.05, 4.69) is 15.3 Å². The molecular formula is C18H19Cl2N5O2S. The maximum absolute atomic E-state index is 11.8. The van der Waals surface area contributed by atoms with Crippen LogP contribution in [0.4, 0.5) is 5.95 Å². The van der Waals surface area contributed by atoms with Crippen molar-refractivity contribution in [3.8, 4) is 11.3 Å². The molecule has 3 atom stereocenters. The van der Waals surface area contributed by atoms with Crippen LogP contribution in [-0.4, -0.2) is 40.4 Å². The Bertz CT molecular complexity index is 923. The fourth-order valence-corrected chi connectivity index (χ4v) is 4.81. The van der Waals surface area contributed by atoms with Crippen LogP contribution >= 0.6 is 35.0 Å². The monoisotopic (exact) mass is 439 g/mol. The van der Waals surface area contributed by atoms with Gasteiger partial charge in [0, 0.05) is 24.3 Å². The number of anilines is 1. The number of hydrogen-bond donors (Lipinski definition) is 3. The summed E-state index contributed by atoms with van der Waals surface area (Å²) in [5, 5.41) is 4.13. The van der Waals surface area contributed by atoms with Crippen molar-refractivity contribution in [1.82, 2.24) is 9.97 Å². The highest BCUT2D eigenvalue weighted by molar-refractivity contribution is 8.01. The Morgan fingerprint density at radius 3 is 2.82 bits per heavy atom. The van der Waals surface area contributed by atoms with Gasteiger partial charge in [-0.05, 0) is 25.0 Å². The molecule has 5 N–H and O–H groups in total. The zero-order valence-electron chi connectivity index (χ0n) is 14.8. The fourth-order valence-electron chi connectivity index (χ4n) is 3.37. The summed E-state index contributed by atoms with van der Waals surface area (Å²) in [5.74, 6) is -0.0374. The summed E-state index contributed by atoms with van der Waals surface area (Å²) >= 11 is 13.5. The van der Waals surface area contributed by atoms with Crippen molar-refractivity contribution in [2.24, 2.45) is 11.5 Å². The van der Waals surface area contributed by atoms with Gasteiger partial charge in [-0.25, -0.2) is 9.97 Å². The van der Waals surface area contributed by atoms with Gasteiger partial charge in [0.05, 0.1) is 27.9 Å². The molecule has 2 aromatic rings. The van der Waals surface area contributed by atoms with E-state index >= 15 is 0 Å². The predicted molar refractivity (Wildman–Crippen MR) is 111 cm³/mol. The molecular weight excluding hydrogens is 421 g/mol. The van der Waals surface area contributed by atoms with E-state index in [1.54, 1.807) is 12.1 Å². The van der Waals surface area contributed by atoms with Crippen LogP contribution in [0.5, 0.6) is 0 Å². The normalized spacial score (nSPS) is 23.6. The van der Waals surface area contributed by atoms with E-state index < -0.39 is 17.2 Å². The molecule has 3 heterocycles. The molecule has 0 aliphatic carbocycles. The Labute approximate surface area is 176 Å². The summed E-state index contributed by atoms with van der Waals surface area (Å²) in [6, 6.07) is 4.64. The van der Waals surface area contributed by atoms with Gasteiger partial charge in [0.1, 0.15) is 10.3 Å². The molecule has 2 aliphatic rings. The summed E-state index contributed by atoms with van der Waals surface area (Å²) in [5.41, 5.74) is 13.9. The second kappa shape index (κ2) is 8.04. The number of benzene rings is 1. The van der Waals surface area contributed by atoms with Gasteiger partial charge in [0.25, 0.3) is 0 Å². The molecule has 4 rings (SSSR count). The standard InChI is InChI=1S/C18H19Cl2N5O2S/c19-10-4-3-8(6-11(10)20)14-12-13(21)15(16(22)26)28-17(12)25-18(24-14)23-7-9-2-1-5-27-9/h3-4,6,9,13,15H,1-2,5,7,21H2,(H2,22,26)(H,23,24,25). The Balaban J connectivity index is 1.74. The van der Waals surface area contributed by atoms with Crippen LogP contribution in [-0.2, 0) is 9.53 Å². The lowest BCUT2D eigenvalue weighted by molar-refractivity contribution is -0.117. The summed E-state index contributed by atoms with van der Waals surface area (Å²) in [7, 11) is 0. The first kappa shape index (κ1) is 19.7. The molecule has 1 amide bonds. The second-order valence-corrected chi connectivity index (χ2v) is 8.67. The quantitative estimate of drug-likeness (QED) is 0.612. The first-order valence-electron chi connectivity index (χ1n) is 8.88. The van der Waals surface area contributed by atoms with Gasteiger partial charge in [0.2, 0.25) is 11.9 Å². The topological polar surface area (TPSA) is 116 Å². The van der Waals surface area contributed by atoms with Crippen molar-refractivity contribution in [2.75, 3.05) is 18.5 Å². The molecule has 3 unspecified atom stereocenters. The lowest BCUT2D eigenvalue weighted by Gasteiger charge is -2.16. The minimum Gasteiger partial charge on any atom is -0.376 e. The van der Waals surface area contributed by atoms with E-state index in [1.807, 2.05) is 6.07 Å². The van der Waals surface area contributed by atoms with Crippen LogP contribution in [0, 0.1) is 0 Å². The number of primary amides is 1. The number of halogens is 2. The van der Waals surface area contributed by atoms with Crippen LogP contribution in [0.25, 0.3) is 11.3 Å². The van der Waals surface area contributed by atoms with Gasteiger partial charge in [-0.1, -0.05) is 41.0 Å². The lowest BCUT2D eigenvalue weighted by Crippen LogP contribution is -2.33. The number of carbonyl (C=O) groups is 1. The Morgan fingerprint density at radius 1 is 1.32 bits per heavy atom. The highest BCUT2D eigenvalue weighted by Crippen LogP contribution is 2.46. The number of thioether (sulfide) groups is 1. The molecule has 1 fully saturated rings. The Kier molecular flexibility index (Phi) is 5.66. The SMILES string of the molecule is NC(=O)C1Sc2nc(NCC3CCCO3)nc(-c3ccc(Cl)c(Cl)c3)c2C1N. The third-order valence-electron chi connectivity index (χ3n) is 4.79. The van der Waals surface area contributed by atoms with Crippen molar-refractivity contribution in [3.63, 3.8) is 0 Å². The molecule has 1 aromatic carbocycles. The average Bonchev–Trinajstić information content (AvgIpc) is 3.30. The fraction of sp³-hybridized carbons (Fsp3) is 0.389. The van der Waals surface area contributed by atoms with E-state index in [0.29, 0.717) is 38.8 Å². The third kappa shape index (κ3) is 3.79. The maximum Gasteiger partial charge on any atom is 0.232 e. The highest BCUT2D eigenvalue weighted by atomic mass is 35.5. The van der Waals surface area contributed by atoms with E-state index in [1.165, 1.54) is 11.8 Å². The Hall–Kier alpha value is -1.58. The van der Waals surface area contributed by atoms with Gasteiger partial charge in [-0.3, -0.25) is 4.79 Å². The smallest absolute Gasteiger partial charge is 0.232 e. The number of nitrogens with zero attached hydrogens (tertiary/aromatic N) is 2. The summed E-state index contributed by atoms with van der Waals surface area (Å²) < 4.78 is 5.64. The highest BCUT2D eigenvalue weighted by Gasteiger charge is 2.39. The van der Waals surface area contributed by atoms with Crippen LogP contribution < -0.4 is 16.8 Å². The minimum atomic E-state index is -0.603. The predicted octanol–water partition coefficient (Wildman–Crippen LogP) is 3.00. The van der Waals surface area contributed by atoms with Crippen molar-refractivity contribution in [2.45, 2.75) is 35.3 Å². The van der Waals surface area contributed by atoms with E-state index in [0.717, 1.165) is 25.0 Å². The van der Waals surface area contributed by atoms with Crippen molar-refractivity contribution < 1.29 is 9.53 Å². The maximum atomic E-state index is 11.8. The number of rotatable bonds is 5. The first-order valence-corrected chi connectivity index (χ1v) is 10.5. The van der Waals surface area contributed by atoms with Gasteiger partial charge in [0.15, 0.2) is 0 Å². The van der Waals surface area contributed by atoms with E-state index in [-0.39, 0.29) is 6.10 Å². The molecule has 0 bridgehead atoms. The number of carbonyl (C=O) groups excluding carboxylic acids is 1. The summed E-state index contributed by atoms with van der Waals surface area (Å²) in [6.07, 6.45) is 2.19. The molecule has 0 radical (unpaired) electrons. The minimum absolute atomic E-state index is 0.138. The summed E-state index contributed by atoms with van der Waals surface area (Å²) in [4.78, 5) is 21.0. The van der Waals surface area contributed by atoms with Crippen molar-refractivity contribution in [3.05, 3.63) is 33.8 Å². The Morgan fingerprint density at radius 2 is 2.14 bits per heavy atom. The second-order valence-electron chi connectivity index (χ2n) is 6.73. The number of amides is 1. The van der Waals surface area contributed by atoms with Crippen LogP contribution in [0.1, 0.15) is 24.4 Å². The molecule has 2 aliphatic heterocycles. The number of nitrogens with one attached hydrogen (secondary N) is 1. The van der Waals surface area contributed by atoms with Crippen LogP contribution in [0.15, 0.2) is 23.2 Å². The third-order valence-corrected chi connectivity index (χ3v) is 6.85. The molecule has 0 spiro atoms. The zero-order valence-corrected chi connectivity index (χ0v) is 17.2. The zero-order chi connectivity index (χ0) is 19.8. The molecule has 10 heteroatoms. The van der Waals surface area contributed by atoms with Crippen molar-refractivity contribution >= 4 is 46.8 Å². The number of ether oxygens (including phenoxy) is 1. The van der Waals surface area contributed by atoms with Crippen LogP contribution in [0.3, 0.4) is 0 Å². The summed E-state index contributed by atoms with van der Waals surface area (Å²) in [6.45, 7) is 1.38. The number of hydrogen-bond acceptors (Lipinski definition) is 7.